The van der Waals surface area contributed by atoms with Crippen LogP contribution in [-0.4, -0.2) is 35.6 Å². The van der Waals surface area contributed by atoms with Crippen LogP contribution in [0.4, 0.5) is 0 Å². The van der Waals surface area contributed by atoms with Crippen LogP contribution in [0, 0.1) is 0 Å². The van der Waals surface area contributed by atoms with Crippen LogP contribution >= 0.6 is 11.6 Å². The summed E-state index contributed by atoms with van der Waals surface area (Å²) in [5.41, 5.74) is 5.92. The number of benzene rings is 2. The summed E-state index contributed by atoms with van der Waals surface area (Å²) in [5, 5.41) is 20.7. The minimum atomic E-state index is -0.451. The lowest BCUT2D eigenvalue weighted by atomic mass is 9.89. The van der Waals surface area contributed by atoms with Gasteiger partial charge in [0.2, 0.25) is 0 Å². The summed E-state index contributed by atoms with van der Waals surface area (Å²) < 4.78 is 11.7. The van der Waals surface area contributed by atoms with E-state index >= 15 is 0 Å². The summed E-state index contributed by atoms with van der Waals surface area (Å²) in [4.78, 5) is 0. The molecule has 3 atom stereocenters. The molecule has 0 spiro atoms. The van der Waals surface area contributed by atoms with Crippen molar-refractivity contribution < 1.29 is 19.7 Å². The zero-order valence-electron chi connectivity index (χ0n) is 16.9. The van der Waals surface area contributed by atoms with E-state index in [1.54, 1.807) is 0 Å². The molecular weight excluding hydrogens is 388 g/mol. The average Bonchev–Trinajstić information content (AvgIpc) is 3.21. The van der Waals surface area contributed by atoms with Gasteiger partial charge in [0, 0.05) is 17.9 Å². The van der Waals surface area contributed by atoms with Crippen LogP contribution < -0.4 is 4.74 Å². The van der Waals surface area contributed by atoms with Gasteiger partial charge < -0.3 is 19.7 Å². The molecule has 1 heterocycles. The molecule has 156 valence electrons. The maximum Gasteiger partial charge on any atom is 0.119 e. The molecule has 2 N–H and O–H groups in total. The Labute approximate surface area is 177 Å². The zero-order chi connectivity index (χ0) is 20.4. The Balaban J connectivity index is 1.65. The fraction of sp³-hybridized carbons (Fsp3) is 0.500. The quantitative estimate of drug-likeness (QED) is 0.733. The molecule has 1 fully saturated rings. The molecule has 1 saturated heterocycles. The molecule has 0 radical (unpaired) electrons. The van der Waals surface area contributed by atoms with Crippen molar-refractivity contribution in [3.05, 3.63) is 63.2 Å². The van der Waals surface area contributed by atoms with E-state index in [1.807, 2.05) is 19.1 Å². The fourth-order valence-electron chi connectivity index (χ4n) is 4.65. The Morgan fingerprint density at radius 3 is 2.62 bits per heavy atom. The Kier molecular flexibility index (Phi) is 6.45. The molecule has 2 aliphatic rings. The number of aliphatic hydroxyl groups excluding tert-OH is 2. The minimum Gasteiger partial charge on any atom is -0.494 e. The largest absolute Gasteiger partial charge is 0.494 e. The van der Waals surface area contributed by atoms with Crippen LogP contribution in [0.1, 0.15) is 60.1 Å². The SMILES string of the molecule is CCOc1ccc(Cc2cc(C3CC(O)CC(CO)O3)c3c(c2Cl)CCC3)cc1. The second kappa shape index (κ2) is 9.05. The molecule has 1 aliphatic carbocycles. The molecule has 0 saturated carbocycles. The normalized spacial score (nSPS) is 23.8. The van der Waals surface area contributed by atoms with Gasteiger partial charge in [0.25, 0.3) is 0 Å². The molecule has 0 aromatic heterocycles. The Bertz CT molecular complexity index is 849. The number of fused-ring (bicyclic) bond motifs is 1. The molecule has 5 heteroatoms. The number of halogens is 1. The van der Waals surface area contributed by atoms with Crippen LogP contribution in [0.2, 0.25) is 5.02 Å². The van der Waals surface area contributed by atoms with Gasteiger partial charge in [-0.05, 0) is 72.6 Å². The van der Waals surface area contributed by atoms with Crippen LogP contribution in [-0.2, 0) is 24.0 Å². The molecule has 0 amide bonds. The second-order valence-corrected chi connectivity index (χ2v) is 8.44. The third-order valence-corrected chi connectivity index (χ3v) is 6.47. The topological polar surface area (TPSA) is 58.9 Å². The molecular formula is C24H29ClO4. The molecule has 29 heavy (non-hydrogen) atoms. The van der Waals surface area contributed by atoms with Crippen molar-refractivity contribution in [2.45, 2.75) is 63.8 Å². The second-order valence-electron chi connectivity index (χ2n) is 8.06. The number of aliphatic hydroxyl groups is 2. The van der Waals surface area contributed by atoms with Crippen molar-refractivity contribution in [3.63, 3.8) is 0 Å². The molecule has 0 bridgehead atoms. The highest BCUT2D eigenvalue weighted by Gasteiger charge is 2.32. The number of hydrogen-bond donors (Lipinski definition) is 2. The van der Waals surface area contributed by atoms with E-state index in [-0.39, 0.29) is 18.8 Å². The molecule has 1 aliphatic heterocycles. The van der Waals surface area contributed by atoms with Gasteiger partial charge in [0.05, 0.1) is 31.5 Å². The van der Waals surface area contributed by atoms with Crippen molar-refractivity contribution in [1.29, 1.82) is 0 Å². The lowest BCUT2D eigenvalue weighted by molar-refractivity contribution is -0.114. The summed E-state index contributed by atoms with van der Waals surface area (Å²) >= 11 is 6.83. The van der Waals surface area contributed by atoms with Gasteiger partial charge in [0.1, 0.15) is 5.75 Å². The van der Waals surface area contributed by atoms with Crippen LogP contribution in [0.25, 0.3) is 0 Å². The number of ether oxygens (including phenoxy) is 2. The van der Waals surface area contributed by atoms with Gasteiger partial charge in [-0.3, -0.25) is 0 Å². The molecule has 2 aromatic carbocycles. The zero-order valence-corrected chi connectivity index (χ0v) is 17.6. The molecule has 4 rings (SSSR count). The van der Waals surface area contributed by atoms with Crippen LogP contribution in [0.5, 0.6) is 5.75 Å². The average molecular weight is 417 g/mol. The van der Waals surface area contributed by atoms with Crippen molar-refractivity contribution in [1.82, 2.24) is 0 Å². The standard InChI is InChI=1S/C24H29ClO4/c1-2-28-18-8-6-15(7-9-18)10-16-11-22(20-4-3-5-21(20)24(16)25)23-13-17(27)12-19(14-26)29-23/h6-9,11,17,19,23,26-27H,2-5,10,12-14H2,1H3. The molecule has 2 aromatic rings. The molecule has 4 nitrogen and oxygen atoms in total. The van der Waals surface area contributed by atoms with Gasteiger partial charge in [0.15, 0.2) is 0 Å². The van der Waals surface area contributed by atoms with E-state index in [2.05, 4.69) is 18.2 Å². The van der Waals surface area contributed by atoms with E-state index in [0.717, 1.165) is 47.6 Å². The van der Waals surface area contributed by atoms with E-state index in [4.69, 9.17) is 21.1 Å². The van der Waals surface area contributed by atoms with E-state index < -0.39 is 6.10 Å². The predicted octanol–water partition coefficient (Wildman–Crippen LogP) is 4.39. The smallest absolute Gasteiger partial charge is 0.119 e. The number of hydrogen-bond acceptors (Lipinski definition) is 4. The maximum atomic E-state index is 10.3. The van der Waals surface area contributed by atoms with Crippen LogP contribution in [0.3, 0.4) is 0 Å². The summed E-state index contributed by atoms with van der Waals surface area (Å²) in [7, 11) is 0. The third kappa shape index (κ3) is 4.46. The van der Waals surface area contributed by atoms with Crippen molar-refractivity contribution in [3.8, 4) is 5.75 Å². The van der Waals surface area contributed by atoms with Crippen molar-refractivity contribution >= 4 is 11.6 Å². The summed E-state index contributed by atoms with van der Waals surface area (Å²) in [5.74, 6) is 0.872. The fourth-order valence-corrected chi connectivity index (χ4v) is 4.98. The van der Waals surface area contributed by atoms with Gasteiger partial charge in [-0.2, -0.15) is 0 Å². The minimum absolute atomic E-state index is 0.0671. The lowest BCUT2D eigenvalue weighted by Gasteiger charge is -2.34. The van der Waals surface area contributed by atoms with E-state index in [1.165, 1.54) is 16.7 Å². The summed E-state index contributed by atoms with van der Waals surface area (Å²) in [6, 6.07) is 10.3. The predicted molar refractivity (Wildman–Crippen MR) is 114 cm³/mol. The van der Waals surface area contributed by atoms with E-state index in [9.17, 15) is 10.2 Å². The van der Waals surface area contributed by atoms with E-state index in [0.29, 0.717) is 19.4 Å². The van der Waals surface area contributed by atoms with Crippen molar-refractivity contribution in [2.24, 2.45) is 0 Å². The van der Waals surface area contributed by atoms with Gasteiger partial charge in [-0.1, -0.05) is 29.8 Å². The highest BCUT2D eigenvalue weighted by Crippen LogP contribution is 2.41. The Hall–Kier alpha value is -1.59. The first-order chi connectivity index (χ1) is 14.1. The highest BCUT2D eigenvalue weighted by atomic mass is 35.5. The first-order valence-electron chi connectivity index (χ1n) is 10.6. The van der Waals surface area contributed by atoms with Crippen LogP contribution in [0.15, 0.2) is 30.3 Å². The Morgan fingerprint density at radius 2 is 1.90 bits per heavy atom. The Morgan fingerprint density at radius 1 is 1.14 bits per heavy atom. The van der Waals surface area contributed by atoms with Gasteiger partial charge >= 0.3 is 0 Å². The first kappa shape index (κ1) is 20.7. The number of rotatable bonds is 6. The third-order valence-electron chi connectivity index (χ3n) is 6.00. The first-order valence-corrected chi connectivity index (χ1v) is 11.0. The summed E-state index contributed by atoms with van der Waals surface area (Å²) in [6.45, 7) is 2.56. The molecule has 3 unspecified atom stereocenters. The van der Waals surface area contributed by atoms with Gasteiger partial charge in [-0.15, -0.1) is 0 Å². The van der Waals surface area contributed by atoms with Crippen molar-refractivity contribution in [2.75, 3.05) is 13.2 Å². The monoisotopic (exact) mass is 416 g/mol. The summed E-state index contributed by atoms with van der Waals surface area (Å²) in [6.07, 6.45) is 3.90. The lowest BCUT2D eigenvalue weighted by Crippen LogP contribution is -2.34. The highest BCUT2D eigenvalue weighted by molar-refractivity contribution is 6.32. The van der Waals surface area contributed by atoms with Gasteiger partial charge in [-0.25, -0.2) is 0 Å². The maximum absolute atomic E-state index is 10.3.